The maximum Gasteiger partial charge on any atom is 0.119 e. The van der Waals surface area contributed by atoms with Crippen LogP contribution in [0.2, 0.25) is 10.0 Å². The molecule has 0 aliphatic heterocycles. The van der Waals surface area contributed by atoms with Gasteiger partial charge in [0.05, 0.1) is 10.0 Å². The molecule has 0 heterocycles. The first-order chi connectivity index (χ1) is 10.2. The monoisotopic (exact) mass is 323 g/mol. The van der Waals surface area contributed by atoms with E-state index in [1.54, 1.807) is 6.07 Å². The number of hydrogen-bond donors (Lipinski definition) is 1. The Kier molecular flexibility index (Phi) is 6.37. The first kappa shape index (κ1) is 16.2. The van der Waals surface area contributed by atoms with Gasteiger partial charge in [-0.15, -0.1) is 0 Å². The average Bonchev–Trinajstić information content (AvgIpc) is 2.50. The number of halogens is 2. The highest BCUT2D eigenvalue weighted by Crippen LogP contribution is 2.26. The molecule has 0 fully saturated rings. The summed E-state index contributed by atoms with van der Waals surface area (Å²) in [4.78, 5) is 0. The van der Waals surface area contributed by atoms with Crippen LogP contribution in [-0.4, -0.2) is 6.54 Å². The standard InChI is InChI=1S/C17H19Cl2NO/c1-2-10-20-11-13-6-8-15(9-7-13)21-12-14-4-3-5-16(18)17(14)19/h3-9,20H,2,10-12H2,1H3. The maximum absolute atomic E-state index is 6.14. The molecule has 2 nitrogen and oxygen atoms in total. The second-order valence-electron chi connectivity index (χ2n) is 4.82. The largest absolute Gasteiger partial charge is 0.489 e. The molecule has 0 radical (unpaired) electrons. The van der Waals surface area contributed by atoms with Gasteiger partial charge in [-0.25, -0.2) is 0 Å². The number of ether oxygens (including phenoxy) is 1. The quantitative estimate of drug-likeness (QED) is 0.718. The molecule has 21 heavy (non-hydrogen) atoms. The van der Waals surface area contributed by atoms with Crippen molar-refractivity contribution in [1.29, 1.82) is 0 Å². The lowest BCUT2D eigenvalue weighted by molar-refractivity contribution is 0.306. The molecule has 0 spiro atoms. The van der Waals surface area contributed by atoms with Crippen LogP contribution < -0.4 is 10.1 Å². The molecule has 112 valence electrons. The first-order valence-electron chi connectivity index (χ1n) is 7.06. The summed E-state index contributed by atoms with van der Waals surface area (Å²) in [5.74, 6) is 0.824. The summed E-state index contributed by atoms with van der Waals surface area (Å²) in [5.41, 5.74) is 2.13. The summed E-state index contributed by atoms with van der Waals surface area (Å²) in [6.07, 6.45) is 1.14. The van der Waals surface area contributed by atoms with Crippen molar-refractivity contribution in [3.8, 4) is 5.75 Å². The van der Waals surface area contributed by atoms with Crippen LogP contribution in [0.15, 0.2) is 42.5 Å². The van der Waals surface area contributed by atoms with Gasteiger partial charge < -0.3 is 10.1 Å². The van der Waals surface area contributed by atoms with Crippen molar-refractivity contribution in [3.05, 3.63) is 63.6 Å². The Labute approximate surface area is 136 Å². The van der Waals surface area contributed by atoms with E-state index in [0.29, 0.717) is 16.7 Å². The second-order valence-corrected chi connectivity index (χ2v) is 5.61. The minimum Gasteiger partial charge on any atom is -0.489 e. The van der Waals surface area contributed by atoms with Crippen LogP contribution in [0, 0.1) is 0 Å². The molecule has 4 heteroatoms. The van der Waals surface area contributed by atoms with Gasteiger partial charge in [-0.1, -0.05) is 54.4 Å². The van der Waals surface area contributed by atoms with Crippen LogP contribution in [0.1, 0.15) is 24.5 Å². The molecule has 1 N–H and O–H groups in total. The van der Waals surface area contributed by atoms with Crippen molar-refractivity contribution in [3.63, 3.8) is 0 Å². The van der Waals surface area contributed by atoms with E-state index in [1.807, 2.05) is 24.3 Å². The molecule has 0 atom stereocenters. The Morgan fingerprint density at radius 3 is 2.52 bits per heavy atom. The Balaban J connectivity index is 1.90. The molecule has 2 aromatic rings. The van der Waals surface area contributed by atoms with Crippen LogP contribution >= 0.6 is 23.2 Å². The fourth-order valence-corrected chi connectivity index (χ4v) is 2.31. The average molecular weight is 324 g/mol. The number of nitrogens with one attached hydrogen (secondary N) is 1. The maximum atomic E-state index is 6.14. The molecular formula is C17H19Cl2NO. The highest BCUT2D eigenvalue weighted by molar-refractivity contribution is 6.42. The molecule has 2 aromatic carbocycles. The van der Waals surface area contributed by atoms with Gasteiger partial charge in [0.15, 0.2) is 0 Å². The van der Waals surface area contributed by atoms with Gasteiger partial charge in [0.2, 0.25) is 0 Å². The summed E-state index contributed by atoms with van der Waals surface area (Å²) >= 11 is 12.1. The van der Waals surface area contributed by atoms with Gasteiger partial charge in [0.25, 0.3) is 0 Å². The summed E-state index contributed by atoms with van der Waals surface area (Å²) in [6, 6.07) is 13.6. The predicted molar refractivity (Wildman–Crippen MR) is 89.2 cm³/mol. The zero-order valence-electron chi connectivity index (χ0n) is 12.0. The Morgan fingerprint density at radius 2 is 1.81 bits per heavy atom. The Bertz CT molecular complexity index is 570. The Morgan fingerprint density at radius 1 is 1.05 bits per heavy atom. The van der Waals surface area contributed by atoms with Crippen molar-refractivity contribution in [2.45, 2.75) is 26.5 Å². The van der Waals surface area contributed by atoms with Gasteiger partial charge >= 0.3 is 0 Å². The molecule has 0 aliphatic rings. The summed E-state index contributed by atoms with van der Waals surface area (Å²) in [5, 5.41) is 4.48. The number of rotatable bonds is 7. The minimum absolute atomic E-state index is 0.410. The van der Waals surface area contributed by atoms with E-state index in [0.717, 1.165) is 30.8 Å². The lowest BCUT2D eigenvalue weighted by Gasteiger charge is -2.09. The highest BCUT2D eigenvalue weighted by atomic mass is 35.5. The third-order valence-corrected chi connectivity index (χ3v) is 3.96. The lowest BCUT2D eigenvalue weighted by Crippen LogP contribution is -2.13. The topological polar surface area (TPSA) is 21.3 Å². The van der Waals surface area contributed by atoms with Gasteiger partial charge in [-0.2, -0.15) is 0 Å². The normalized spacial score (nSPS) is 10.6. The third kappa shape index (κ3) is 4.92. The van der Waals surface area contributed by atoms with E-state index < -0.39 is 0 Å². The smallest absolute Gasteiger partial charge is 0.119 e. The summed E-state index contributed by atoms with van der Waals surface area (Å²) in [6.45, 7) is 4.48. The van der Waals surface area contributed by atoms with Crippen LogP contribution in [0.25, 0.3) is 0 Å². The van der Waals surface area contributed by atoms with Crippen LogP contribution in [-0.2, 0) is 13.2 Å². The molecule has 0 aromatic heterocycles. The minimum atomic E-state index is 0.410. The van der Waals surface area contributed by atoms with E-state index in [1.165, 1.54) is 5.56 Å². The summed E-state index contributed by atoms with van der Waals surface area (Å²) in [7, 11) is 0. The van der Waals surface area contributed by atoms with Gasteiger partial charge in [0, 0.05) is 12.1 Å². The fourth-order valence-electron chi connectivity index (χ4n) is 1.93. The van der Waals surface area contributed by atoms with Gasteiger partial charge in [-0.05, 0) is 36.7 Å². The highest BCUT2D eigenvalue weighted by Gasteiger charge is 2.05. The number of benzene rings is 2. The van der Waals surface area contributed by atoms with Crippen molar-refractivity contribution >= 4 is 23.2 Å². The molecule has 0 amide bonds. The number of hydrogen-bond acceptors (Lipinski definition) is 2. The molecule has 0 unspecified atom stereocenters. The molecule has 0 aliphatic carbocycles. The van der Waals surface area contributed by atoms with E-state index in [2.05, 4.69) is 24.4 Å². The van der Waals surface area contributed by atoms with Crippen LogP contribution in [0.5, 0.6) is 5.75 Å². The molecular weight excluding hydrogens is 305 g/mol. The third-order valence-electron chi connectivity index (χ3n) is 3.11. The predicted octanol–water partition coefficient (Wildman–Crippen LogP) is 5.07. The first-order valence-corrected chi connectivity index (χ1v) is 7.81. The molecule has 0 bridgehead atoms. The van der Waals surface area contributed by atoms with Crippen molar-refractivity contribution in [2.75, 3.05) is 6.54 Å². The molecule has 2 rings (SSSR count). The molecule has 0 saturated carbocycles. The fraction of sp³-hybridized carbons (Fsp3) is 0.294. The van der Waals surface area contributed by atoms with Gasteiger partial charge in [0.1, 0.15) is 12.4 Å². The second kappa shape index (κ2) is 8.28. The van der Waals surface area contributed by atoms with E-state index in [-0.39, 0.29) is 0 Å². The SMILES string of the molecule is CCCNCc1ccc(OCc2cccc(Cl)c2Cl)cc1. The van der Waals surface area contributed by atoms with Crippen LogP contribution in [0.4, 0.5) is 0 Å². The van der Waals surface area contributed by atoms with E-state index >= 15 is 0 Å². The zero-order valence-corrected chi connectivity index (χ0v) is 13.5. The van der Waals surface area contributed by atoms with Crippen molar-refractivity contribution in [2.24, 2.45) is 0 Å². The van der Waals surface area contributed by atoms with Crippen molar-refractivity contribution < 1.29 is 4.74 Å². The van der Waals surface area contributed by atoms with Crippen molar-refractivity contribution in [1.82, 2.24) is 5.32 Å². The zero-order chi connectivity index (χ0) is 15.1. The lowest BCUT2D eigenvalue weighted by atomic mass is 10.2. The van der Waals surface area contributed by atoms with E-state index in [9.17, 15) is 0 Å². The Hall–Kier alpha value is -1.22. The van der Waals surface area contributed by atoms with Gasteiger partial charge in [-0.3, -0.25) is 0 Å². The summed E-state index contributed by atoms with van der Waals surface area (Å²) < 4.78 is 5.75. The van der Waals surface area contributed by atoms with Crippen LogP contribution in [0.3, 0.4) is 0 Å². The molecule has 0 saturated heterocycles. The van der Waals surface area contributed by atoms with E-state index in [4.69, 9.17) is 27.9 Å².